The maximum Gasteiger partial charge on any atom is 1.00 e. The van der Waals surface area contributed by atoms with E-state index in [1.807, 2.05) is 23.3 Å². The van der Waals surface area contributed by atoms with E-state index in [0.29, 0.717) is 46.7 Å². The molecule has 0 radical (unpaired) electrons. The summed E-state index contributed by atoms with van der Waals surface area (Å²) in [5.74, 6) is 0. The summed E-state index contributed by atoms with van der Waals surface area (Å²) < 4.78 is 72.7. The number of nitrogens with zero attached hydrogens (tertiary/aromatic N) is 2. The van der Waals surface area contributed by atoms with Crippen LogP contribution < -0.4 is 64.0 Å². The molecule has 0 N–H and O–H groups in total. The maximum absolute atomic E-state index is 11.8. The van der Waals surface area contributed by atoms with Gasteiger partial charge in [-0.05, 0) is 63.8 Å². The number of hydrogen-bond acceptors (Lipinski definition) is 7. The average Bonchev–Trinajstić information content (AvgIpc) is 2.99. The van der Waals surface area contributed by atoms with Crippen LogP contribution in [0.15, 0.2) is 21.9 Å². The second kappa shape index (κ2) is 10.8. The zero-order valence-electron chi connectivity index (χ0n) is 20.3. The third-order valence-electron chi connectivity index (χ3n) is 5.66. The Morgan fingerprint density at radius 3 is 1.70 bits per heavy atom. The third kappa shape index (κ3) is 5.94. The van der Waals surface area contributed by atoms with E-state index in [-0.39, 0.29) is 68.9 Å². The van der Waals surface area contributed by atoms with E-state index in [0.717, 1.165) is 11.1 Å². The smallest absolute Gasteiger partial charge is 0.744 e. The standard InChI is InChI=1S/C21H26N2O6S2.2Na/c1-12-9-14(3)20(30(24,25)26)16(5)18(12)22-7-8-23(11-22)19-13(2)10-15(4)21(17(19)6)31(27,28)29;;/h9-11H,7-8H2,1-6H3,(H-,24,25,26,27,28,29);;/q;2*+1/p-1. The summed E-state index contributed by atoms with van der Waals surface area (Å²) in [6.07, 6.45) is 1.76. The molecule has 1 heterocycles. The van der Waals surface area contributed by atoms with E-state index in [2.05, 4.69) is 0 Å². The van der Waals surface area contributed by atoms with Gasteiger partial charge in [-0.1, -0.05) is 12.1 Å². The number of benzene rings is 2. The number of rotatable bonds is 4. The molecule has 1 aliphatic rings. The van der Waals surface area contributed by atoms with Gasteiger partial charge < -0.3 is 9.11 Å². The van der Waals surface area contributed by atoms with E-state index >= 15 is 0 Å². The topological polar surface area (TPSA) is 121 Å². The zero-order chi connectivity index (χ0) is 23.5. The van der Waals surface area contributed by atoms with E-state index in [1.165, 1.54) is 0 Å². The summed E-state index contributed by atoms with van der Waals surface area (Å²) in [6, 6.07) is 3.35. The largest absolute Gasteiger partial charge is 1.00 e. The molecule has 0 unspecified atom stereocenters. The van der Waals surface area contributed by atoms with Crippen LogP contribution in [0.4, 0.5) is 11.4 Å². The molecule has 33 heavy (non-hydrogen) atoms. The monoisotopic (exact) mass is 511 g/mol. The van der Waals surface area contributed by atoms with Gasteiger partial charge in [0.2, 0.25) is 6.34 Å². The Morgan fingerprint density at radius 1 is 0.758 bits per heavy atom. The van der Waals surface area contributed by atoms with Crippen LogP contribution in [0.5, 0.6) is 0 Å². The van der Waals surface area contributed by atoms with Gasteiger partial charge in [0.25, 0.3) is 0 Å². The summed E-state index contributed by atoms with van der Waals surface area (Å²) in [6.45, 7) is 11.1. The molecule has 3 rings (SSSR count). The Labute approximate surface area is 240 Å². The molecular weight excluding hydrogens is 486 g/mol. The molecule has 0 atom stereocenters. The Balaban J connectivity index is 0.00000272. The van der Waals surface area contributed by atoms with E-state index in [9.17, 15) is 25.9 Å². The second-order valence-electron chi connectivity index (χ2n) is 8.04. The molecule has 2 aromatic rings. The van der Waals surface area contributed by atoms with Crippen LogP contribution in [0.2, 0.25) is 0 Å². The van der Waals surface area contributed by atoms with Gasteiger partial charge in [-0.2, -0.15) is 0 Å². The molecule has 0 aliphatic carbocycles. The summed E-state index contributed by atoms with van der Waals surface area (Å²) in [5, 5.41) is 0. The summed E-state index contributed by atoms with van der Waals surface area (Å²) >= 11 is 0. The van der Waals surface area contributed by atoms with Crippen molar-refractivity contribution in [3.05, 3.63) is 45.5 Å². The van der Waals surface area contributed by atoms with Gasteiger partial charge in [0, 0.05) is 11.1 Å². The molecule has 8 nitrogen and oxygen atoms in total. The molecule has 0 amide bonds. The Hall–Kier alpha value is -0.270. The van der Waals surface area contributed by atoms with Gasteiger partial charge >= 0.3 is 59.1 Å². The van der Waals surface area contributed by atoms with Crippen LogP contribution in [0.25, 0.3) is 0 Å². The number of aryl methyl sites for hydroxylation is 4. The van der Waals surface area contributed by atoms with Crippen LogP contribution >= 0.6 is 0 Å². The summed E-state index contributed by atoms with van der Waals surface area (Å²) in [5.41, 5.74) is 4.46. The fraction of sp³-hybridized carbons (Fsp3) is 0.381. The van der Waals surface area contributed by atoms with Gasteiger partial charge in [-0.3, -0.25) is 0 Å². The van der Waals surface area contributed by atoms with Gasteiger partial charge in [0.15, 0.2) is 0 Å². The zero-order valence-corrected chi connectivity index (χ0v) is 25.9. The van der Waals surface area contributed by atoms with Crippen LogP contribution in [-0.2, 0) is 20.2 Å². The van der Waals surface area contributed by atoms with E-state index in [4.69, 9.17) is 0 Å². The predicted molar refractivity (Wildman–Crippen MR) is 115 cm³/mol. The molecule has 1 aliphatic heterocycles. The normalized spacial score (nSPS) is 13.9. The van der Waals surface area contributed by atoms with Crippen molar-refractivity contribution < 1.29 is 89.6 Å². The van der Waals surface area contributed by atoms with Crippen molar-refractivity contribution in [2.45, 2.75) is 51.3 Å². The maximum atomic E-state index is 11.8. The number of hydrogen-bond donors (Lipinski definition) is 0. The fourth-order valence-electron chi connectivity index (χ4n) is 4.81. The summed E-state index contributed by atoms with van der Waals surface area (Å²) in [4.78, 5) is 1.41. The minimum atomic E-state index is -4.64. The van der Waals surface area contributed by atoms with Crippen molar-refractivity contribution in [2.75, 3.05) is 18.0 Å². The van der Waals surface area contributed by atoms with Gasteiger partial charge in [0.1, 0.15) is 44.7 Å². The van der Waals surface area contributed by atoms with Crippen LogP contribution in [0.1, 0.15) is 33.4 Å². The molecule has 2 aromatic carbocycles. The first-order valence-electron chi connectivity index (χ1n) is 9.66. The Morgan fingerprint density at radius 2 is 1.21 bits per heavy atom. The molecule has 0 fully saturated rings. The van der Waals surface area contributed by atoms with Crippen molar-refractivity contribution >= 4 is 37.9 Å². The molecule has 0 saturated carbocycles. The van der Waals surface area contributed by atoms with Crippen molar-refractivity contribution in [1.29, 1.82) is 0 Å². The third-order valence-corrected chi connectivity index (χ3v) is 7.91. The Bertz CT molecular complexity index is 1350. The molecule has 0 bridgehead atoms. The first kappa shape index (κ1) is 30.8. The van der Waals surface area contributed by atoms with E-state index in [1.54, 1.807) is 46.2 Å². The molecule has 0 aromatic heterocycles. The summed E-state index contributed by atoms with van der Waals surface area (Å²) in [7, 11) is -9.29. The van der Waals surface area contributed by atoms with E-state index < -0.39 is 20.2 Å². The van der Waals surface area contributed by atoms with Crippen molar-refractivity contribution in [3.63, 3.8) is 0 Å². The minimum absolute atomic E-state index is 0. The molecule has 12 heteroatoms. The fourth-order valence-corrected chi connectivity index (χ4v) is 6.66. The molecule has 0 saturated heterocycles. The van der Waals surface area contributed by atoms with Crippen LogP contribution in [-0.4, -0.2) is 49.9 Å². The van der Waals surface area contributed by atoms with Crippen molar-refractivity contribution in [3.8, 4) is 0 Å². The molecular formula is C21H25N2Na2O6S2+. The number of anilines is 1. The van der Waals surface area contributed by atoms with Crippen LogP contribution in [0, 0.1) is 41.5 Å². The Kier molecular flexibility index (Phi) is 10.0. The van der Waals surface area contributed by atoms with Crippen LogP contribution in [0.3, 0.4) is 0 Å². The average molecular weight is 512 g/mol. The van der Waals surface area contributed by atoms with Crippen molar-refractivity contribution in [2.24, 2.45) is 0 Å². The SMILES string of the molecule is Cc1cc(C)c(S(=O)(=O)[O-])c(C)c1N1C=[N+](c2c(C)cc(C)c(S(=O)(=O)[O-])c2C)CC1.[Na+].[Na+]. The first-order valence-corrected chi connectivity index (χ1v) is 12.5. The van der Waals surface area contributed by atoms with Gasteiger partial charge in [-0.25, -0.2) is 26.3 Å². The first-order chi connectivity index (χ1) is 14.1. The minimum Gasteiger partial charge on any atom is -0.744 e. The van der Waals surface area contributed by atoms with Gasteiger partial charge in [-0.15, -0.1) is 0 Å². The predicted octanol–water partition coefficient (Wildman–Crippen LogP) is -3.45. The second-order valence-corrected chi connectivity index (χ2v) is 10.7. The molecule has 0 spiro atoms. The van der Waals surface area contributed by atoms with Crippen molar-refractivity contribution in [1.82, 2.24) is 0 Å². The molecule has 168 valence electrons. The quantitative estimate of drug-likeness (QED) is 0.238. The van der Waals surface area contributed by atoms with Gasteiger partial charge in [0.05, 0.1) is 9.79 Å².